The van der Waals surface area contributed by atoms with E-state index in [1.54, 1.807) is 24.5 Å². The van der Waals surface area contributed by atoms with Gasteiger partial charge in [-0.3, -0.25) is 4.98 Å². The molecule has 4 heteroatoms. The molecule has 0 saturated carbocycles. The molecule has 0 spiro atoms. The number of hydrogen-bond donors (Lipinski definition) is 0. The van der Waals surface area contributed by atoms with Gasteiger partial charge in [0.15, 0.2) is 0 Å². The van der Waals surface area contributed by atoms with Gasteiger partial charge < -0.3 is 0 Å². The van der Waals surface area contributed by atoms with Gasteiger partial charge in [0.2, 0.25) is 0 Å². The van der Waals surface area contributed by atoms with Gasteiger partial charge in [-0.15, -0.1) is 11.6 Å². The highest BCUT2D eigenvalue weighted by Gasteiger charge is 2.19. The van der Waals surface area contributed by atoms with Crippen LogP contribution < -0.4 is 0 Å². The molecule has 2 atom stereocenters. The molecule has 1 heterocycles. The van der Waals surface area contributed by atoms with Crippen LogP contribution in [0.1, 0.15) is 29.3 Å². The molecule has 0 fully saturated rings. The first-order valence-corrected chi connectivity index (χ1v) is 6.81. The van der Waals surface area contributed by atoms with Crippen LogP contribution >= 0.6 is 27.5 Å². The minimum atomic E-state index is -0.279. The zero-order valence-corrected chi connectivity index (χ0v) is 12.1. The van der Waals surface area contributed by atoms with Gasteiger partial charge in [0, 0.05) is 18.3 Å². The highest BCUT2D eigenvalue weighted by molar-refractivity contribution is 9.10. The van der Waals surface area contributed by atoms with Crippen LogP contribution in [0, 0.1) is 5.82 Å². The molecular formula is C14H12BrClFN. The first-order valence-electron chi connectivity index (χ1n) is 5.58. The van der Waals surface area contributed by atoms with Crippen LogP contribution in [0.25, 0.3) is 0 Å². The van der Waals surface area contributed by atoms with Gasteiger partial charge in [0.1, 0.15) is 5.82 Å². The largest absolute Gasteiger partial charge is 0.265 e. The summed E-state index contributed by atoms with van der Waals surface area (Å²) in [6.45, 7) is 2.05. The van der Waals surface area contributed by atoms with Crippen molar-refractivity contribution in [3.05, 3.63) is 64.1 Å². The van der Waals surface area contributed by atoms with E-state index < -0.39 is 0 Å². The third kappa shape index (κ3) is 2.90. The monoisotopic (exact) mass is 327 g/mol. The molecular weight excluding hydrogens is 317 g/mol. The van der Waals surface area contributed by atoms with E-state index in [4.69, 9.17) is 11.6 Å². The van der Waals surface area contributed by atoms with Crippen molar-refractivity contribution in [2.75, 3.05) is 0 Å². The van der Waals surface area contributed by atoms with E-state index in [9.17, 15) is 4.39 Å². The topological polar surface area (TPSA) is 12.9 Å². The summed E-state index contributed by atoms with van der Waals surface area (Å²) >= 11 is 9.63. The number of alkyl halides is 1. The number of pyridine rings is 1. The summed E-state index contributed by atoms with van der Waals surface area (Å²) in [5, 5.41) is -0.204. The first kappa shape index (κ1) is 13.5. The smallest absolute Gasteiger partial charge is 0.137 e. The van der Waals surface area contributed by atoms with Crippen LogP contribution in [-0.4, -0.2) is 4.98 Å². The lowest BCUT2D eigenvalue weighted by atomic mass is 9.94. The van der Waals surface area contributed by atoms with E-state index in [1.165, 1.54) is 6.07 Å². The van der Waals surface area contributed by atoms with Gasteiger partial charge in [0.05, 0.1) is 9.85 Å². The van der Waals surface area contributed by atoms with E-state index >= 15 is 0 Å². The van der Waals surface area contributed by atoms with Crippen LogP contribution in [0.15, 0.2) is 47.2 Å². The van der Waals surface area contributed by atoms with Gasteiger partial charge in [-0.25, -0.2) is 4.39 Å². The molecule has 0 radical (unpaired) electrons. The van der Waals surface area contributed by atoms with Crippen molar-refractivity contribution in [3.8, 4) is 0 Å². The molecule has 94 valence electrons. The van der Waals surface area contributed by atoms with Crippen molar-refractivity contribution >= 4 is 27.5 Å². The quantitative estimate of drug-likeness (QED) is 0.717. The number of aromatic nitrogens is 1. The van der Waals surface area contributed by atoms with Gasteiger partial charge in [-0.1, -0.05) is 13.0 Å². The Hall–Kier alpha value is -0.930. The molecule has 1 nitrogen and oxygen atoms in total. The number of nitrogens with zero attached hydrogens (tertiary/aromatic N) is 1. The molecule has 2 rings (SSSR count). The predicted octanol–water partition coefficient (Wildman–Crippen LogP) is 5.07. The Bertz CT molecular complexity index is 533. The highest BCUT2D eigenvalue weighted by atomic mass is 79.9. The van der Waals surface area contributed by atoms with Crippen LogP contribution in [0.2, 0.25) is 0 Å². The average Bonchev–Trinajstić information content (AvgIpc) is 2.41. The summed E-state index contributed by atoms with van der Waals surface area (Å²) < 4.78 is 13.6. The van der Waals surface area contributed by atoms with Gasteiger partial charge in [0.25, 0.3) is 0 Å². The zero-order chi connectivity index (χ0) is 13.1. The third-order valence-corrected chi connectivity index (χ3v) is 4.17. The lowest BCUT2D eigenvalue weighted by Gasteiger charge is -2.19. The van der Waals surface area contributed by atoms with Gasteiger partial charge >= 0.3 is 0 Å². The first-order chi connectivity index (χ1) is 8.59. The van der Waals surface area contributed by atoms with Crippen molar-refractivity contribution in [2.24, 2.45) is 0 Å². The number of hydrogen-bond acceptors (Lipinski definition) is 1. The van der Waals surface area contributed by atoms with E-state index in [0.29, 0.717) is 4.47 Å². The molecule has 0 amide bonds. The Balaban J connectivity index is 2.25. The molecule has 18 heavy (non-hydrogen) atoms. The summed E-state index contributed by atoms with van der Waals surface area (Å²) in [5.74, 6) is -0.147. The SMILES string of the molecule is CC(c1ccncc1)C(Cl)c1ccc(F)c(Br)c1. The second kappa shape index (κ2) is 5.81. The van der Waals surface area contributed by atoms with E-state index in [1.807, 2.05) is 19.1 Å². The van der Waals surface area contributed by atoms with E-state index in [-0.39, 0.29) is 17.1 Å². The maximum absolute atomic E-state index is 13.2. The second-order valence-electron chi connectivity index (χ2n) is 4.14. The van der Waals surface area contributed by atoms with Gasteiger partial charge in [-0.05, 0) is 51.3 Å². The zero-order valence-electron chi connectivity index (χ0n) is 9.78. The molecule has 0 aliphatic rings. The normalized spacial score (nSPS) is 14.2. The Kier molecular flexibility index (Phi) is 4.36. The van der Waals surface area contributed by atoms with E-state index in [2.05, 4.69) is 20.9 Å². The number of rotatable bonds is 3. The maximum Gasteiger partial charge on any atom is 0.137 e. The lowest BCUT2D eigenvalue weighted by molar-refractivity contribution is 0.618. The van der Waals surface area contributed by atoms with Crippen molar-refractivity contribution in [1.82, 2.24) is 4.98 Å². The molecule has 0 N–H and O–H groups in total. The van der Waals surface area contributed by atoms with E-state index in [0.717, 1.165) is 11.1 Å². The Morgan fingerprint density at radius 3 is 2.44 bits per heavy atom. The molecule has 0 aliphatic heterocycles. The molecule has 0 aliphatic carbocycles. The summed E-state index contributed by atoms with van der Waals surface area (Å²) in [6, 6.07) is 8.76. The molecule has 1 aromatic carbocycles. The number of halogens is 3. The van der Waals surface area contributed by atoms with Crippen molar-refractivity contribution in [1.29, 1.82) is 0 Å². The van der Waals surface area contributed by atoms with Crippen molar-refractivity contribution < 1.29 is 4.39 Å². The minimum absolute atomic E-state index is 0.132. The minimum Gasteiger partial charge on any atom is -0.265 e. The Labute approximate surface area is 119 Å². The molecule has 0 saturated heterocycles. The summed E-state index contributed by atoms with van der Waals surface area (Å²) in [7, 11) is 0. The van der Waals surface area contributed by atoms with Crippen LogP contribution in [0.4, 0.5) is 4.39 Å². The summed E-state index contributed by atoms with van der Waals surface area (Å²) in [6.07, 6.45) is 3.49. The van der Waals surface area contributed by atoms with Crippen LogP contribution in [0.3, 0.4) is 0 Å². The Morgan fingerprint density at radius 1 is 1.17 bits per heavy atom. The molecule has 0 bridgehead atoms. The highest BCUT2D eigenvalue weighted by Crippen LogP contribution is 2.36. The standard InChI is InChI=1S/C14H12BrClFN/c1-9(10-4-6-18-7-5-10)14(16)11-2-3-13(17)12(15)8-11/h2-9,14H,1H3. The fourth-order valence-electron chi connectivity index (χ4n) is 1.81. The molecule has 1 aromatic heterocycles. The predicted molar refractivity (Wildman–Crippen MR) is 75.3 cm³/mol. The fourth-order valence-corrected chi connectivity index (χ4v) is 2.49. The van der Waals surface area contributed by atoms with Crippen molar-refractivity contribution in [2.45, 2.75) is 18.2 Å². The molecule has 2 aromatic rings. The van der Waals surface area contributed by atoms with Crippen LogP contribution in [0.5, 0.6) is 0 Å². The maximum atomic E-state index is 13.2. The number of benzene rings is 1. The third-order valence-electron chi connectivity index (χ3n) is 2.93. The fraction of sp³-hybridized carbons (Fsp3) is 0.214. The lowest BCUT2D eigenvalue weighted by Crippen LogP contribution is -2.03. The second-order valence-corrected chi connectivity index (χ2v) is 5.47. The summed E-state index contributed by atoms with van der Waals surface area (Å²) in [5.41, 5.74) is 2.01. The van der Waals surface area contributed by atoms with Gasteiger partial charge in [-0.2, -0.15) is 0 Å². The Morgan fingerprint density at radius 2 is 1.83 bits per heavy atom. The van der Waals surface area contributed by atoms with Crippen molar-refractivity contribution in [3.63, 3.8) is 0 Å². The van der Waals surface area contributed by atoms with Crippen LogP contribution in [-0.2, 0) is 0 Å². The molecule has 2 unspecified atom stereocenters. The average molecular weight is 329 g/mol. The summed E-state index contributed by atoms with van der Waals surface area (Å²) in [4.78, 5) is 3.99.